The van der Waals surface area contributed by atoms with Gasteiger partial charge in [-0.05, 0) is 30.9 Å². The lowest BCUT2D eigenvalue weighted by Crippen LogP contribution is -2.38. The summed E-state index contributed by atoms with van der Waals surface area (Å²) in [6.07, 6.45) is 1.93. The molecule has 0 aliphatic carbocycles. The highest BCUT2D eigenvalue weighted by Crippen LogP contribution is 2.16. The Morgan fingerprint density at radius 3 is 3.00 bits per heavy atom. The summed E-state index contributed by atoms with van der Waals surface area (Å²) in [5, 5.41) is 8.74. The van der Waals surface area contributed by atoms with E-state index < -0.39 is 0 Å². The van der Waals surface area contributed by atoms with Gasteiger partial charge >= 0.3 is 0 Å². The van der Waals surface area contributed by atoms with Crippen LogP contribution in [-0.2, 0) is 6.54 Å². The van der Waals surface area contributed by atoms with E-state index in [0.29, 0.717) is 0 Å². The lowest BCUT2D eigenvalue weighted by atomic mass is 10.3. The number of nitrogens with zero attached hydrogens (tertiary/aromatic N) is 1. The summed E-state index contributed by atoms with van der Waals surface area (Å²) in [6, 6.07) is 2.14. The minimum Gasteiger partial charge on any atom is -0.357 e. The Morgan fingerprint density at radius 2 is 2.37 bits per heavy atom. The van der Waals surface area contributed by atoms with Gasteiger partial charge in [0.05, 0.1) is 6.54 Å². The van der Waals surface area contributed by atoms with E-state index in [0.717, 1.165) is 37.1 Å². The van der Waals surface area contributed by atoms with E-state index in [-0.39, 0.29) is 0 Å². The van der Waals surface area contributed by atoms with E-state index in [1.165, 1.54) is 10.4 Å². The van der Waals surface area contributed by atoms with Crippen molar-refractivity contribution in [3.63, 3.8) is 0 Å². The molecule has 0 unspecified atom stereocenters. The van der Waals surface area contributed by atoms with E-state index in [4.69, 9.17) is 0 Å². The molecule has 0 aliphatic heterocycles. The number of hydrogen-bond donors (Lipinski definition) is 2. The van der Waals surface area contributed by atoms with Crippen LogP contribution in [0.3, 0.4) is 0 Å². The van der Waals surface area contributed by atoms with Crippen LogP contribution < -0.4 is 10.6 Å². The monoisotopic (exact) mass is 297 g/mol. The van der Waals surface area contributed by atoms with Gasteiger partial charge in [-0.25, -0.2) is 4.99 Å². The van der Waals surface area contributed by atoms with Gasteiger partial charge in [-0.1, -0.05) is 6.08 Å². The number of aryl methyl sites for hydroxylation is 1. The van der Waals surface area contributed by atoms with Crippen molar-refractivity contribution in [1.82, 2.24) is 10.6 Å². The smallest absolute Gasteiger partial charge is 0.191 e. The Morgan fingerprint density at radius 1 is 1.53 bits per heavy atom. The van der Waals surface area contributed by atoms with Gasteiger partial charge in [0, 0.05) is 29.5 Å². The molecule has 0 aromatic carbocycles. The molecule has 0 aliphatic rings. The molecule has 5 heteroatoms. The molecule has 1 aromatic heterocycles. The third-order valence-corrected chi connectivity index (χ3v) is 4.44. The third kappa shape index (κ3) is 6.68. The van der Waals surface area contributed by atoms with Crippen LogP contribution in [0.1, 0.15) is 17.4 Å². The van der Waals surface area contributed by atoms with Gasteiger partial charge in [-0.2, -0.15) is 11.8 Å². The summed E-state index contributed by atoms with van der Waals surface area (Å²) in [4.78, 5) is 5.94. The number of thioether (sulfide) groups is 1. The van der Waals surface area contributed by atoms with Crippen molar-refractivity contribution in [1.29, 1.82) is 0 Å². The Labute approximate surface area is 124 Å². The lowest BCUT2D eigenvalue weighted by molar-refractivity contribution is 0.844. The molecule has 0 radical (unpaired) electrons. The minimum atomic E-state index is 0.749. The molecular formula is C14H23N3S2. The number of rotatable bonds is 8. The van der Waals surface area contributed by atoms with Gasteiger partial charge in [0.25, 0.3) is 0 Å². The van der Waals surface area contributed by atoms with Crippen molar-refractivity contribution < 1.29 is 0 Å². The maximum absolute atomic E-state index is 4.61. The van der Waals surface area contributed by atoms with Crippen LogP contribution in [0.25, 0.3) is 0 Å². The fraction of sp³-hybridized carbons (Fsp3) is 0.500. The minimum absolute atomic E-state index is 0.749. The van der Waals surface area contributed by atoms with Crippen LogP contribution in [0.4, 0.5) is 0 Å². The van der Waals surface area contributed by atoms with Crippen LogP contribution in [0, 0.1) is 6.92 Å². The molecule has 0 atom stereocenters. The van der Waals surface area contributed by atoms with E-state index in [1.54, 1.807) is 11.3 Å². The molecule has 1 rings (SSSR count). The third-order valence-electron chi connectivity index (χ3n) is 2.47. The van der Waals surface area contributed by atoms with E-state index >= 15 is 0 Å². The SMILES string of the molecule is C=CCSCCNC(=NCc1sccc1C)NCC. The first-order chi connectivity index (χ1) is 9.27. The van der Waals surface area contributed by atoms with E-state index in [1.807, 2.05) is 17.8 Å². The van der Waals surface area contributed by atoms with Crippen molar-refractivity contribution in [2.24, 2.45) is 4.99 Å². The van der Waals surface area contributed by atoms with Crippen LogP contribution in [0.5, 0.6) is 0 Å². The van der Waals surface area contributed by atoms with Crippen molar-refractivity contribution in [3.8, 4) is 0 Å². The quantitative estimate of drug-likeness (QED) is 0.335. The van der Waals surface area contributed by atoms with Gasteiger partial charge in [0.15, 0.2) is 5.96 Å². The second-order valence-electron chi connectivity index (χ2n) is 4.01. The first-order valence-electron chi connectivity index (χ1n) is 6.51. The molecule has 0 amide bonds. The molecule has 19 heavy (non-hydrogen) atoms. The number of hydrogen-bond acceptors (Lipinski definition) is 3. The summed E-state index contributed by atoms with van der Waals surface area (Å²) >= 11 is 3.64. The molecule has 0 spiro atoms. The molecule has 0 saturated carbocycles. The van der Waals surface area contributed by atoms with Gasteiger partial charge in [-0.15, -0.1) is 17.9 Å². The Hall–Kier alpha value is -0.940. The summed E-state index contributed by atoms with van der Waals surface area (Å²) in [7, 11) is 0. The van der Waals surface area contributed by atoms with Crippen molar-refractivity contribution >= 4 is 29.1 Å². The van der Waals surface area contributed by atoms with Crippen LogP contribution in [0.2, 0.25) is 0 Å². The number of nitrogens with one attached hydrogen (secondary N) is 2. The molecule has 0 fully saturated rings. The van der Waals surface area contributed by atoms with Crippen LogP contribution >= 0.6 is 23.1 Å². The highest BCUT2D eigenvalue weighted by molar-refractivity contribution is 7.99. The van der Waals surface area contributed by atoms with Crippen LogP contribution in [0.15, 0.2) is 29.1 Å². The predicted molar refractivity (Wildman–Crippen MR) is 89.4 cm³/mol. The van der Waals surface area contributed by atoms with Crippen molar-refractivity contribution in [2.75, 3.05) is 24.6 Å². The average molecular weight is 297 g/mol. The Kier molecular flexibility index (Phi) is 8.41. The Bertz CT molecular complexity index is 399. The molecule has 0 saturated heterocycles. The van der Waals surface area contributed by atoms with Gasteiger partial charge in [0.2, 0.25) is 0 Å². The summed E-state index contributed by atoms with van der Waals surface area (Å²) in [5.41, 5.74) is 1.33. The summed E-state index contributed by atoms with van der Waals surface area (Å²) in [6.45, 7) is 10.5. The second-order valence-corrected chi connectivity index (χ2v) is 6.16. The topological polar surface area (TPSA) is 36.4 Å². The molecule has 2 N–H and O–H groups in total. The predicted octanol–water partition coefficient (Wildman–Crippen LogP) is 3.03. The molecule has 1 aromatic rings. The molecule has 1 heterocycles. The van der Waals surface area contributed by atoms with E-state index in [2.05, 4.69) is 47.5 Å². The zero-order chi connectivity index (χ0) is 13.9. The lowest BCUT2D eigenvalue weighted by Gasteiger charge is -2.10. The van der Waals surface area contributed by atoms with Gasteiger partial charge in [-0.3, -0.25) is 0 Å². The fourth-order valence-electron chi connectivity index (χ4n) is 1.47. The number of guanidine groups is 1. The first kappa shape index (κ1) is 16.1. The second kappa shape index (κ2) is 9.92. The molecule has 3 nitrogen and oxygen atoms in total. The first-order valence-corrected chi connectivity index (χ1v) is 8.55. The summed E-state index contributed by atoms with van der Waals surface area (Å²) < 4.78 is 0. The number of thiophene rings is 1. The van der Waals surface area contributed by atoms with Gasteiger partial charge < -0.3 is 10.6 Å². The molecule has 106 valence electrons. The zero-order valence-corrected chi connectivity index (χ0v) is 13.4. The molecular weight excluding hydrogens is 274 g/mol. The zero-order valence-electron chi connectivity index (χ0n) is 11.7. The highest BCUT2D eigenvalue weighted by Gasteiger charge is 2.00. The van der Waals surface area contributed by atoms with Crippen LogP contribution in [-0.4, -0.2) is 30.6 Å². The summed E-state index contributed by atoms with van der Waals surface area (Å²) in [5.74, 6) is 2.97. The molecule has 0 bridgehead atoms. The van der Waals surface area contributed by atoms with Gasteiger partial charge in [0.1, 0.15) is 0 Å². The maximum Gasteiger partial charge on any atom is 0.191 e. The fourth-order valence-corrected chi connectivity index (χ4v) is 2.88. The highest BCUT2D eigenvalue weighted by atomic mass is 32.2. The average Bonchev–Trinajstić information content (AvgIpc) is 2.81. The standard InChI is InChI=1S/C14H23N3S2/c1-4-8-18-10-7-16-14(15-5-2)17-11-13-12(3)6-9-19-13/h4,6,9H,1,5,7-8,10-11H2,2-3H3,(H2,15,16,17). The number of aliphatic imine (C=N–C) groups is 1. The van der Waals surface area contributed by atoms with Crippen molar-refractivity contribution in [3.05, 3.63) is 34.5 Å². The van der Waals surface area contributed by atoms with Crippen molar-refractivity contribution in [2.45, 2.75) is 20.4 Å². The largest absolute Gasteiger partial charge is 0.357 e. The van der Waals surface area contributed by atoms with E-state index in [9.17, 15) is 0 Å². The maximum atomic E-state index is 4.61. The Balaban J connectivity index is 2.38. The normalized spacial score (nSPS) is 11.4.